The van der Waals surface area contributed by atoms with E-state index in [0.29, 0.717) is 16.2 Å². The van der Waals surface area contributed by atoms with Crippen LogP contribution in [0.1, 0.15) is 16.1 Å². The molecule has 0 aliphatic carbocycles. The summed E-state index contributed by atoms with van der Waals surface area (Å²) in [6.45, 7) is 1.72. The number of aryl methyl sites for hydroxylation is 1. The molecule has 2 N–H and O–H groups in total. The zero-order valence-electron chi connectivity index (χ0n) is 12.5. The Balaban J connectivity index is 1.77. The van der Waals surface area contributed by atoms with Crippen molar-refractivity contribution in [3.63, 3.8) is 0 Å². The number of hydrogen-bond donors (Lipinski definition) is 2. The van der Waals surface area contributed by atoms with Gasteiger partial charge in [-0.3, -0.25) is 10.2 Å². The minimum Gasteiger partial charge on any atom is -0.451 e. The molecular formula is C16H13ClN2O4S. The Hall–Kier alpha value is -2.35. The van der Waals surface area contributed by atoms with Gasteiger partial charge in [0, 0.05) is 10.4 Å². The van der Waals surface area contributed by atoms with Crippen molar-refractivity contribution < 1.29 is 17.6 Å². The summed E-state index contributed by atoms with van der Waals surface area (Å²) in [6, 6.07) is 13.0. The van der Waals surface area contributed by atoms with Crippen LogP contribution in [0.4, 0.5) is 0 Å². The van der Waals surface area contributed by atoms with Crippen LogP contribution in [-0.4, -0.2) is 14.3 Å². The molecule has 0 saturated heterocycles. The average molecular weight is 365 g/mol. The lowest BCUT2D eigenvalue weighted by Crippen LogP contribution is -2.41. The maximum absolute atomic E-state index is 12.2. The fourth-order valence-electron chi connectivity index (χ4n) is 2.19. The summed E-state index contributed by atoms with van der Waals surface area (Å²) in [4.78, 5) is 14.1. The molecule has 2 aromatic carbocycles. The molecule has 6 nitrogen and oxygen atoms in total. The summed E-state index contributed by atoms with van der Waals surface area (Å²) < 4.78 is 29.8. The third-order valence-corrected chi connectivity index (χ3v) is 4.72. The maximum Gasteiger partial charge on any atom is 0.301 e. The highest BCUT2D eigenvalue weighted by atomic mass is 35.5. The molecule has 0 fully saturated rings. The van der Waals surface area contributed by atoms with E-state index in [4.69, 9.17) is 16.0 Å². The van der Waals surface area contributed by atoms with Crippen molar-refractivity contribution in [3.05, 3.63) is 64.9 Å². The first-order valence-electron chi connectivity index (χ1n) is 6.93. The lowest BCUT2D eigenvalue weighted by molar-refractivity contribution is 0.0919. The molecule has 0 aliphatic rings. The van der Waals surface area contributed by atoms with Gasteiger partial charge in [-0.1, -0.05) is 29.8 Å². The molecule has 3 rings (SSSR count). The molecule has 0 radical (unpaired) electrons. The topological polar surface area (TPSA) is 88.4 Å². The second-order valence-corrected chi connectivity index (χ2v) is 7.29. The number of rotatable bonds is 4. The quantitative estimate of drug-likeness (QED) is 0.696. The summed E-state index contributed by atoms with van der Waals surface area (Å²) in [7, 11) is -3.95. The van der Waals surface area contributed by atoms with E-state index >= 15 is 0 Å². The first-order chi connectivity index (χ1) is 11.3. The number of hydrazine groups is 1. The highest BCUT2D eigenvalue weighted by molar-refractivity contribution is 7.89. The number of halogens is 1. The number of furan rings is 1. The van der Waals surface area contributed by atoms with Gasteiger partial charge in [0.05, 0.1) is 4.90 Å². The largest absolute Gasteiger partial charge is 0.451 e. The van der Waals surface area contributed by atoms with Gasteiger partial charge in [-0.15, -0.1) is 4.83 Å². The average Bonchev–Trinajstić information content (AvgIpc) is 2.96. The van der Waals surface area contributed by atoms with Crippen LogP contribution in [0.2, 0.25) is 5.02 Å². The molecule has 0 atom stereocenters. The van der Waals surface area contributed by atoms with Crippen molar-refractivity contribution in [1.29, 1.82) is 0 Å². The molecule has 0 aliphatic heterocycles. The second-order valence-electron chi connectivity index (χ2n) is 5.17. The molecular weight excluding hydrogens is 352 g/mol. The smallest absolute Gasteiger partial charge is 0.301 e. The van der Waals surface area contributed by atoms with Gasteiger partial charge >= 0.3 is 5.91 Å². The predicted molar refractivity (Wildman–Crippen MR) is 90.2 cm³/mol. The molecule has 0 unspecified atom stereocenters. The number of carbonyl (C=O) groups excluding carboxylic acids is 1. The third-order valence-electron chi connectivity index (χ3n) is 3.27. The van der Waals surface area contributed by atoms with Crippen molar-refractivity contribution >= 4 is 38.5 Å². The van der Waals surface area contributed by atoms with E-state index in [1.54, 1.807) is 31.2 Å². The highest BCUT2D eigenvalue weighted by Crippen LogP contribution is 2.19. The summed E-state index contributed by atoms with van der Waals surface area (Å²) in [6.07, 6.45) is 0. The minimum atomic E-state index is -3.95. The van der Waals surface area contributed by atoms with Gasteiger partial charge in [0.1, 0.15) is 5.58 Å². The van der Waals surface area contributed by atoms with Crippen LogP contribution in [0.25, 0.3) is 11.0 Å². The van der Waals surface area contributed by atoms with E-state index in [9.17, 15) is 13.2 Å². The molecule has 124 valence electrons. The summed E-state index contributed by atoms with van der Waals surface area (Å²) in [5.41, 5.74) is 3.35. The first kappa shape index (κ1) is 16.5. The molecule has 1 aromatic heterocycles. The highest BCUT2D eigenvalue weighted by Gasteiger charge is 2.18. The predicted octanol–water partition coefficient (Wildman–Crippen LogP) is 3.02. The second kappa shape index (κ2) is 6.27. The Kier molecular flexibility index (Phi) is 4.31. The van der Waals surface area contributed by atoms with E-state index in [0.717, 1.165) is 5.39 Å². The molecule has 1 heterocycles. The fourth-order valence-corrected chi connectivity index (χ4v) is 3.51. The number of para-hydroxylation sites is 1. The maximum atomic E-state index is 12.2. The number of amides is 1. The van der Waals surface area contributed by atoms with Crippen molar-refractivity contribution in [2.24, 2.45) is 0 Å². The molecule has 3 aromatic rings. The van der Waals surface area contributed by atoms with E-state index in [1.165, 1.54) is 18.2 Å². The number of fused-ring (bicyclic) bond motifs is 1. The Labute approximate surface area is 143 Å². The van der Waals surface area contributed by atoms with E-state index in [-0.39, 0.29) is 10.7 Å². The van der Waals surface area contributed by atoms with Gasteiger partial charge in [-0.2, -0.15) is 0 Å². The lowest BCUT2D eigenvalue weighted by Gasteiger charge is -2.08. The van der Waals surface area contributed by atoms with Gasteiger partial charge in [0.2, 0.25) is 0 Å². The van der Waals surface area contributed by atoms with Crippen LogP contribution in [0.15, 0.2) is 57.8 Å². The third kappa shape index (κ3) is 3.43. The number of carbonyl (C=O) groups is 1. The summed E-state index contributed by atoms with van der Waals surface area (Å²) in [5, 5.41) is 1.04. The standard InChI is InChI=1S/C16H13ClN2O4S/c1-10-6-12(17)9-13(7-10)24(21,22)19-18-16(20)15-8-11-4-2-3-5-14(11)23-15/h2-9,19H,1H3,(H,18,20). The van der Waals surface area contributed by atoms with Crippen molar-refractivity contribution in [2.45, 2.75) is 11.8 Å². The van der Waals surface area contributed by atoms with Gasteiger partial charge in [0.25, 0.3) is 10.0 Å². The van der Waals surface area contributed by atoms with E-state index < -0.39 is 15.9 Å². The molecule has 8 heteroatoms. The SMILES string of the molecule is Cc1cc(Cl)cc(S(=O)(=O)NNC(=O)c2cc3ccccc3o2)c1. The van der Waals surface area contributed by atoms with Crippen LogP contribution in [0.5, 0.6) is 0 Å². The van der Waals surface area contributed by atoms with Crippen molar-refractivity contribution in [1.82, 2.24) is 10.3 Å². The van der Waals surface area contributed by atoms with Crippen LogP contribution >= 0.6 is 11.6 Å². The van der Waals surface area contributed by atoms with Crippen LogP contribution in [0, 0.1) is 6.92 Å². The van der Waals surface area contributed by atoms with Gasteiger partial charge in [-0.05, 0) is 42.8 Å². The number of benzene rings is 2. The number of hydrogen-bond acceptors (Lipinski definition) is 4. The summed E-state index contributed by atoms with van der Waals surface area (Å²) in [5.74, 6) is -0.699. The number of nitrogens with one attached hydrogen (secondary N) is 2. The van der Waals surface area contributed by atoms with Crippen molar-refractivity contribution in [3.8, 4) is 0 Å². The Morgan fingerprint density at radius 2 is 1.88 bits per heavy atom. The van der Waals surface area contributed by atoms with Crippen LogP contribution in [-0.2, 0) is 10.0 Å². The number of sulfonamides is 1. The Morgan fingerprint density at radius 3 is 2.58 bits per heavy atom. The van der Waals surface area contributed by atoms with Gasteiger partial charge in [-0.25, -0.2) is 8.42 Å². The zero-order chi connectivity index (χ0) is 17.3. The van der Waals surface area contributed by atoms with E-state index in [2.05, 4.69) is 5.43 Å². The monoisotopic (exact) mass is 364 g/mol. The zero-order valence-corrected chi connectivity index (χ0v) is 14.1. The summed E-state index contributed by atoms with van der Waals surface area (Å²) >= 11 is 5.87. The van der Waals surface area contributed by atoms with Crippen LogP contribution < -0.4 is 10.3 Å². The minimum absolute atomic E-state index is 0.00109. The van der Waals surface area contributed by atoms with Gasteiger partial charge in [0.15, 0.2) is 5.76 Å². The van der Waals surface area contributed by atoms with E-state index in [1.807, 2.05) is 10.9 Å². The molecule has 24 heavy (non-hydrogen) atoms. The molecule has 0 spiro atoms. The molecule has 0 bridgehead atoms. The lowest BCUT2D eigenvalue weighted by atomic mass is 10.2. The molecule has 1 amide bonds. The first-order valence-corrected chi connectivity index (χ1v) is 8.79. The van der Waals surface area contributed by atoms with Crippen molar-refractivity contribution in [2.75, 3.05) is 0 Å². The normalized spacial score (nSPS) is 11.6. The Morgan fingerprint density at radius 1 is 1.12 bits per heavy atom. The molecule has 0 saturated carbocycles. The van der Waals surface area contributed by atoms with Crippen LogP contribution in [0.3, 0.4) is 0 Å². The Bertz CT molecular complexity index is 974. The fraction of sp³-hybridized carbons (Fsp3) is 0.0625. The van der Waals surface area contributed by atoms with Gasteiger partial charge < -0.3 is 4.42 Å².